The predicted octanol–water partition coefficient (Wildman–Crippen LogP) is 2.96. The van der Waals surface area contributed by atoms with Crippen LogP contribution in [-0.2, 0) is 0 Å². The minimum atomic E-state index is 0.141. The van der Waals surface area contributed by atoms with E-state index in [0.29, 0.717) is 6.04 Å². The normalized spacial score (nSPS) is 28.1. The first-order valence-corrected chi connectivity index (χ1v) is 8.83. The highest BCUT2D eigenvalue weighted by Gasteiger charge is 2.35. The Hall–Kier alpha value is -0.130. The topological polar surface area (TPSA) is 32.5 Å². The molecule has 2 aliphatic heterocycles. The lowest BCUT2D eigenvalue weighted by Crippen LogP contribution is -2.40. The maximum atomic E-state index is 6.26. The predicted molar refractivity (Wildman–Crippen MR) is 86.5 cm³/mol. The van der Waals surface area contributed by atoms with Crippen molar-refractivity contribution in [1.29, 1.82) is 0 Å². The van der Waals surface area contributed by atoms with Crippen molar-refractivity contribution < 1.29 is 0 Å². The van der Waals surface area contributed by atoms with Crippen molar-refractivity contribution in [2.75, 3.05) is 26.2 Å². The summed E-state index contributed by atoms with van der Waals surface area (Å²) < 4.78 is 0.862. The Kier molecular flexibility index (Phi) is 4.68. The standard InChI is InChI=1S/C15H24ClN3S/c1-11(17)15(13-4-5-14(16)20-13)19-9-6-12(10-19)18-7-2-3-8-18/h4-5,11-12,15H,2-3,6-10,17H2,1H3. The van der Waals surface area contributed by atoms with Crippen LogP contribution in [0.2, 0.25) is 4.34 Å². The van der Waals surface area contributed by atoms with Crippen LogP contribution in [0.5, 0.6) is 0 Å². The molecule has 3 unspecified atom stereocenters. The number of nitrogens with two attached hydrogens (primary N) is 1. The molecule has 2 saturated heterocycles. The summed E-state index contributed by atoms with van der Waals surface area (Å²) >= 11 is 7.77. The molecule has 3 nitrogen and oxygen atoms in total. The molecule has 0 amide bonds. The molecule has 1 aromatic rings. The van der Waals surface area contributed by atoms with Gasteiger partial charge in [-0.2, -0.15) is 0 Å². The van der Waals surface area contributed by atoms with Crippen molar-refractivity contribution >= 4 is 22.9 Å². The Morgan fingerprint density at radius 2 is 2.05 bits per heavy atom. The van der Waals surface area contributed by atoms with Gasteiger partial charge in [0.1, 0.15) is 0 Å². The van der Waals surface area contributed by atoms with Gasteiger partial charge in [0.05, 0.1) is 10.4 Å². The summed E-state index contributed by atoms with van der Waals surface area (Å²) in [6.45, 7) is 6.99. The van der Waals surface area contributed by atoms with Crippen molar-refractivity contribution in [3.05, 3.63) is 21.3 Å². The van der Waals surface area contributed by atoms with E-state index in [1.165, 1.54) is 37.2 Å². The van der Waals surface area contributed by atoms with Gasteiger partial charge in [0, 0.05) is 30.1 Å². The lowest BCUT2D eigenvalue weighted by molar-refractivity contribution is 0.188. The highest BCUT2D eigenvalue weighted by molar-refractivity contribution is 7.16. The number of thiophene rings is 1. The van der Waals surface area contributed by atoms with Crippen molar-refractivity contribution in [2.24, 2.45) is 5.73 Å². The fraction of sp³-hybridized carbons (Fsp3) is 0.733. The molecule has 0 aliphatic carbocycles. The fourth-order valence-corrected chi connectivity index (χ4v) is 5.00. The molecule has 0 saturated carbocycles. The van der Waals surface area contributed by atoms with Gasteiger partial charge in [-0.3, -0.25) is 9.80 Å². The maximum absolute atomic E-state index is 6.26. The Bertz CT molecular complexity index is 442. The summed E-state index contributed by atoms with van der Waals surface area (Å²) in [5.74, 6) is 0. The van der Waals surface area contributed by atoms with E-state index in [4.69, 9.17) is 17.3 Å². The van der Waals surface area contributed by atoms with Crippen LogP contribution in [-0.4, -0.2) is 48.1 Å². The van der Waals surface area contributed by atoms with E-state index in [1.54, 1.807) is 11.3 Å². The first kappa shape index (κ1) is 14.8. The lowest BCUT2D eigenvalue weighted by atomic mass is 10.1. The first-order chi connectivity index (χ1) is 9.65. The van der Waals surface area contributed by atoms with E-state index in [-0.39, 0.29) is 6.04 Å². The zero-order valence-corrected chi connectivity index (χ0v) is 13.7. The molecule has 0 bridgehead atoms. The zero-order chi connectivity index (χ0) is 14.1. The molecule has 3 rings (SSSR count). The second-order valence-corrected chi connectivity index (χ2v) is 7.87. The number of hydrogen-bond acceptors (Lipinski definition) is 4. The molecule has 1 aromatic heterocycles. The number of nitrogens with zero attached hydrogens (tertiary/aromatic N) is 2. The van der Waals surface area contributed by atoms with Gasteiger partial charge in [-0.05, 0) is 51.4 Å². The molecule has 2 aliphatic rings. The highest BCUT2D eigenvalue weighted by Crippen LogP contribution is 2.35. The van der Waals surface area contributed by atoms with E-state index in [2.05, 4.69) is 22.8 Å². The van der Waals surface area contributed by atoms with Crippen molar-refractivity contribution in [3.63, 3.8) is 0 Å². The van der Waals surface area contributed by atoms with E-state index in [9.17, 15) is 0 Å². The number of rotatable bonds is 4. The lowest BCUT2D eigenvalue weighted by Gasteiger charge is -2.31. The monoisotopic (exact) mass is 313 g/mol. The van der Waals surface area contributed by atoms with Crippen LogP contribution in [0, 0.1) is 0 Å². The first-order valence-electron chi connectivity index (χ1n) is 7.64. The van der Waals surface area contributed by atoms with Crippen LogP contribution in [0.15, 0.2) is 12.1 Å². The Morgan fingerprint density at radius 3 is 2.65 bits per heavy atom. The zero-order valence-electron chi connectivity index (χ0n) is 12.1. The molecule has 2 N–H and O–H groups in total. The van der Waals surface area contributed by atoms with Crippen LogP contribution in [0.1, 0.15) is 37.1 Å². The molecule has 20 heavy (non-hydrogen) atoms. The minimum Gasteiger partial charge on any atom is -0.326 e. The van der Waals surface area contributed by atoms with E-state index < -0.39 is 0 Å². The van der Waals surface area contributed by atoms with Gasteiger partial charge in [0.15, 0.2) is 0 Å². The molecule has 5 heteroatoms. The van der Waals surface area contributed by atoms with Crippen LogP contribution < -0.4 is 5.73 Å². The van der Waals surface area contributed by atoms with Gasteiger partial charge in [-0.1, -0.05) is 11.6 Å². The summed E-state index contributed by atoms with van der Waals surface area (Å²) in [5.41, 5.74) is 6.26. The SMILES string of the molecule is CC(N)C(c1ccc(Cl)s1)N1CCC(N2CCCC2)C1. The summed E-state index contributed by atoms with van der Waals surface area (Å²) in [7, 11) is 0. The van der Waals surface area contributed by atoms with Gasteiger partial charge >= 0.3 is 0 Å². The fourth-order valence-electron chi connectivity index (χ4n) is 3.68. The van der Waals surface area contributed by atoms with Crippen LogP contribution in [0.25, 0.3) is 0 Å². The number of hydrogen-bond donors (Lipinski definition) is 1. The number of likely N-dealkylation sites (tertiary alicyclic amines) is 2. The second-order valence-electron chi connectivity index (χ2n) is 6.13. The average molecular weight is 314 g/mol. The molecule has 0 spiro atoms. The van der Waals surface area contributed by atoms with Gasteiger partial charge in [0.25, 0.3) is 0 Å². The van der Waals surface area contributed by atoms with E-state index >= 15 is 0 Å². The molecule has 0 radical (unpaired) electrons. The molecule has 2 fully saturated rings. The molecule has 0 aromatic carbocycles. The van der Waals surface area contributed by atoms with Gasteiger partial charge in [-0.15, -0.1) is 11.3 Å². The molecule has 112 valence electrons. The van der Waals surface area contributed by atoms with Gasteiger partial charge in [0.2, 0.25) is 0 Å². The Morgan fingerprint density at radius 1 is 1.30 bits per heavy atom. The summed E-state index contributed by atoms with van der Waals surface area (Å²) in [6.07, 6.45) is 4.02. The van der Waals surface area contributed by atoms with E-state index in [0.717, 1.165) is 23.5 Å². The molecular formula is C15H24ClN3S. The maximum Gasteiger partial charge on any atom is 0.0931 e. The van der Waals surface area contributed by atoms with Crippen LogP contribution in [0.3, 0.4) is 0 Å². The summed E-state index contributed by atoms with van der Waals surface area (Å²) in [5, 5.41) is 0. The molecular weight excluding hydrogens is 290 g/mol. The smallest absolute Gasteiger partial charge is 0.0931 e. The average Bonchev–Trinajstić information content (AvgIpc) is 3.09. The summed E-state index contributed by atoms with van der Waals surface area (Å²) in [4.78, 5) is 6.54. The Balaban J connectivity index is 1.70. The van der Waals surface area contributed by atoms with Crippen LogP contribution >= 0.6 is 22.9 Å². The summed E-state index contributed by atoms with van der Waals surface area (Å²) in [6, 6.07) is 5.33. The van der Waals surface area contributed by atoms with Crippen LogP contribution in [0.4, 0.5) is 0 Å². The molecule has 3 heterocycles. The van der Waals surface area contributed by atoms with Gasteiger partial charge < -0.3 is 5.73 Å². The van der Waals surface area contributed by atoms with E-state index in [1.807, 2.05) is 6.07 Å². The second kappa shape index (κ2) is 6.32. The highest BCUT2D eigenvalue weighted by atomic mass is 35.5. The van der Waals surface area contributed by atoms with Crippen molar-refractivity contribution in [2.45, 2.75) is 44.3 Å². The third-order valence-corrected chi connectivity index (χ3v) is 5.93. The minimum absolute atomic E-state index is 0.141. The largest absolute Gasteiger partial charge is 0.326 e. The third-order valence-electron chi connectivity index (χ3n) is 4.63. The third kappa shape index (κ3) is 3.04. The molecule has 3 atom stereocenters. The van der Waals surface area contributed by atoms with Crippen molar-refractivity contribution in [3.8, 4) is 0 Å². The Labute approximate surface area is 130 Å². The number of halogens is 1. The van der Waals surface area contributed by atoms with Gasteiger partial charge in [-0.25, -0.2) is 0 Å². The quantitative estimate of drug-likeness (QED) is 0.927. The van der Waals surface area contributed by atoms with Crippen molar-refractivity contribution in [1.82, 2.24) is 9.80 Å².